The summed E-state index contributed by atoms with van der Waals surface area (Å²) in [5, 5.41) is 0. The van der Waals surface area contributed by atoms with Crippen LogP contribution < -0.4 is 0 Å². The number of hydrogen-bond donors (Lipinski definition) is 0. The highest BCUT2D eigenvalue weighted by molar-refractivity contribution is 9.10. The molecule has 2 aromatic carbocycles. The molecule has 0 saturated heterocycles. The second-order valence-electron chi connectivity index (χ2n) is 6.79. The van der Waals surface area contributed by atoms with Crippen LogP contribution in [0.25, 0.3) is 5.69 Å². The van der Waals surface area contributed by atoms with Crippen LogP contribution in [0.4, 0.5) is 5.69 Å². The molecule has 3 rings (SSSR count). The van der Waals surface area contributed by atoms with Crippen molar-refractivity contribution in [2.45, 2.75) is 41.0 Å². The number of hydrogen-bond acceptors (Lipinski definition) is 1. The molecule has 0 fully saturated rings. The fourth-order valence-electron chi connectivity index (χ4n) is 3.49. The summed E-state index contributed by atoms with van der Waals surface area (Å²) in [5.41, 5.74) is 9.78. The van der Waals surface area contributed by atoms with Crippen molar-refractivity contribution >= 4 is 27.8 Å². The summed E-state index contributed by atoms with van der Waals surface area (Å²) in [6.45, 7) is 10.8. The summed E-state index contributed by atoms with van der Waals surface area (Å²) >= 11 is 3.51. The molecule has 1 aromatic heterocycles. The average molecular weight is 409 g/mol. The normalized spacial score (nSPS) is 11.5. The summed E-state index contributed by atoms with van der Waals surface area (Å²) in [7, 11) is 0. The van der Waals surface area contributed by atoms with Crippen LogP contribution in [-0.4, -0.2) is 10.8 Å². The van der Waals surface area contributed by atoms with Crippen LogP contribution in [-0.2, 0) is 6.42 Å². The number of aliphatic imine (C=N–C) groups is 1. The van der Waals surface area contributed by atoms with Gasteiger partial charge >= 0.3 is 0 Å². The van der Waals surface area contributed by atoms with E-state index < -0.39 is 0 Å². The molecule has 134 valence electrons. The maximum Gasteiger partial charge on any atom is 0.0659 e. The highest BCUT2D eigenvalue weighted by atomic mass is 79.9. The highest BCUT2D eigenvalue weighted by Gasteiger charge is 2.14. The van der Waals surface area contributed by atoms with Crippen molar-refractivity contribution in [1.82, 2.24) is 4.57 Å². The Kier molecular flexibility index (Phi) is 5.47. The van der Waals surface area contributed by atoms with Crippen molar-refractivity contribution < 1.29 is 0 Å². The third kappa shape index (κ3) is 3.54. The van der Waals surface area contributed by atoms with Gasteiger partial charge in [-0.3, -0.25) is 4.99 Å². The van der Waals surface area contributed by atoms with E-state index in [1.807, 2.05) is 18.3 Å². The predicted octanol–water partition coefficient (Wildman–Crippen LogP) is 6.79. The first kappa shape index (κ1) is 18.7. The summed E-state index contributed by atoms with van der Waals surface area (Å²) in [4.78, 5) is 4.73. The molecule has 1 heterocycles. The minimum Gasteiger partial charge on any atom is -0.317 e. The third-order valence-corrected chi connectivity index (χ3v) is 5.39. The van der Waals surface area contributed by atoms with Crippen molar-refractivity contribution in [1.29, 1.82) is 0 Å². The minimum atomic E-state index is 1.00. The molecule has 0 N–H and O–H groups in total. The van der Waals surface area contributed by atoms with Crippen LogP contribution in [0.3, 0.4) is 0 Å². The molecule has 0 amide bonds. The topological polar surface area (TPSA) is 17.3 Å². The molecular formula is C23H25BrN2. The first-order valence-corrected chi connectivity index (χ1v) is 9.79. The molecule has 3 aromatic rings. The van der Waals surface area contributed by atoms with Crippen molar-refractivity contribution in [2.75, 3.05) is 0 Å². The van der Waals surface area contributed by atoms with Crippen molar-refractivity contribution in [3.8, 4) is 5.69 Å². The van der Waals surface area contributed by atoms with Gasteiger partial charge in [0.25, 0.3) is 0 Å². The van der Waals surface area contributed by atoms with E-state index in [1.165, 1.54) is 28.2 Å². The standard InChI is InChI=1S/C23H25BrN2/c1-6-19-9-7-8-15(2)23(19)26-17(4)13-20(18(26)5)14-25-22-11-10-21(24)12-16(22)3/h7-14H,6H2,1-5H3. The molecule has 0 saturated carbocycles. The summed E-state index contributed by atoms with van der Waals surface area (Å²) in [5.74, 6) is 0. The number of aromatic nitrogens is 1. The smallest absolute Gasteiger partial charge is 0.0659 e. The lowest BCUT2D eigenvalue weighted by atomic mass is 10.1. The zero-order chi connectivity index (χ0) is 18.8. The first-order chi connectivity index (χ1) is 12.4. The van der Waals surface area contributed by atoms with E-state index in [2.05, 4.69) is 85.4 Å². The molecule has 0 radical (unpaired) electrons. The Balaban J connectivity index is 2.06. The van der Waals surface area contributed by atoms with E-state index in [0.29, 0.717) is 0 Å². The van der Waals surface area contributed by atoms with Gasteiger partial charge in [0.2, 0.25) is 0 Å². The predicted molar refractivity (Wildman–Crippen MR) is 115 cm³/mol. The number of nitrogens with zero attached hydrogens (tertiary/aromatic N) is 2. The number of halogens is 1. The molecule has 0 unspecified atom stereocenters. The monoisotopic (exact) mass is 408 g/mol. The van der Waals surface area contributed by atoms with Crippen LogP contribution in [0.2, 0.25) is 0 Å². The van der Waals surface area contributed by atoms with Gasteiger partial charge in [0.1, 0.15) is 0 Å². The lowest BCUT2D eigenvalue weighted by Crippen LogP contribution is -2.05. The van der Waals surface area contributed by atoms with Crippen LogP contribution in [0, 0.1) is 27.7 Å². The molecule has 2 nitrogen and oxygen atoms in total. The molecule has 0 bridgehead atoms. The number of aryl methyl sites for hydroxylation is 4. The Morgan fingerprint density at radius 1 is 1.00 bits per heavy atom. The number of rotatable bonds is 4. The molecule has 0 atom stereocenters. The largest absolute Gasteiger partial charge is 0.317 e. The van der Waals surface area contributed by atoms with Crippen LogP contribution in [0.15, 0.2) is 51.9 Å². The maximum atomic E-state index is 4.73. The summed E-state index contributed by atoms with van der Waals surface area (Å²) in [6.07, 6.45) is 3.01. The van der Waals surface area contributed by atoms with Crippen molar-refractivity contribution in [3.05, 3.63) is 80.6 Å². The van der Waals surface area contributed by atoms with Gasteiger partial charge in [-0.05, 0) is 75.1 Å². The van der Waals surface area contributed by atoms with Crippen LogP contribution >= 0.6 is 15.9 Å². The van der Waals surface area contributed by atoms with Gasteiger partial charge in [0.05, 0.1) is 11.4 Å². The number of para-hydroxylation sites is 1. The van der Waals surface area contributed by atoms with Gasteiger partial charge in [0.15, 0.2) is 0 Å². The summed E-state index contributed by atoms with van der Waals surface area (Å²) < 4.78 is 3.45. The van der Waals surface area contributed by atoms with Gasteiger partial charge in [-0.1, -0.05) is 41.1 Å². The van der Waals surface area contributed by atoms with Crippen LogP contribution in [0.5, 0.6) is 0 Å². The lowest BCUT2D eigenvalue weighted by molar-refractivity contribution is 0.926. The minimum absolute atomic E-state index is 1.00. The van der Waals surface area contributed by atoms with Gasteiger partial charge in [0, 0.05) is 27.6 Å². The second kappa shape index (κ2) is 7.63. The van der Waals surface area contributed by atoms with E-state index in [-0.39, 0.29) is 0 Å². The Bertz CT molecular complexity index is 980. The Hall–Kier alpha value is -2.13. The molecule has 0 aliphatic carbocycles. The average Bonchev–Trinajstić information content (AvgIpc) is 2.88. The fourth-order valence-corrected chi connectivity index (χ4v) is 3.97. The van der Waals surface area contributed by atoms with E-state index in [9.17, 15) is 0 Å². The van der Waals surface area contributed by atoms with Crippen LogP contribution in [0.1, 0.15) is 40.6 Å². The SMILES string of the molecule is CCc1cccc(C)c1-n1c(C)cc(C=Nc2ccc(Br)cc2C)c1C. The van der Waals surface area contributed by atoms with Crippen molar-refractivity contribution in [2.24, 2.45) is 4.99 Å². The molecular weight excluding hydrogens is 384 g/mol. The molecule has 0 spiro atoms. The number of benzene rings is 2. The maximum absolute atomic E-state index is 4.73. The fraction of sp³-hybridized carbons (Fsp3) is 0.261. The van der Waals surface area contributed by atoms with E-state index in [1.54, 1.807) is 0 Å². The van der Waals surface area contributed by atoms with Gasteiger partial charge in [-0.15, -0.1) is 0 Å². The van der Waals surface area contributed by atoms with Crippen molar-refractivity contribution in [3.63, 3.8) is 0 Å². The van der Waals surface area contributed by atoms with E-state index in [4.69, 9.17) is 4.99 Å². The molecule has 26 heavy (non-hydrogen) atoms. The highest BCUT2D eigenvalue weighted by Crippen LogP contribution is 2.27. The molecule has 3 heteroatoms. The summed E-state index contributed by atoms with van der Waals surface area (Å²) in [6, 6.07) is 14.9. The molecule has 0 aliphatic heterocycles. The lowest BCUT2D eigenvalue weighted by Gasteiger charge is -2.17. The molecule has 0 aliphatic rings. The van der Waals surface area contributed by atoms with E-state index in [0.717, 1.165) is 27.7 Å². The van der Waals surface area contributed by atoms with Gasteiger partial charge in [-0.25, -0.2) is 0 Å². The quantitative estimate of drug-likeness (QED) is 0.423. The Morgan fingerprint density at radius 2 is 1.77 bits per heavy atom. The second-order valence-corrected chi connectivity index (χ2v) is 7.70. The van der Waals surface area contributed by atoms with E-state index >= 15 is 0 Å². The zero-order valence-corrected chi connectivity index (χ0v) is 17.7. The zero-order valence-electron chi connectivity index (χ0n) is 16.1. The van der Waals surface area contributed by atoms with Gasteiger partial charge < -0.3 is 4.57 Å². The third-order valence-electron chi connectivity index (χ3n) is 4.90. The Labute approximate surface area is 164 Å². The van der Waals surface area contributed by atoms with Gasteiger partial charge in [-0.2, -0.15) is 0 Å². The first-order valence-electron chi connectivity index (χ1n) is 9.00. The Morgan fingerprint density at radius 3 is 2.46 bits per heavy atom.